The van der Waals surface area contributed by atoms with Crippen LogP contribution in [0.2, 0.25) is 0 Å². The van der Waals surface area contributed by atoms with Crippen molar-refractivity contribution in [2.24, 2.45) is 0 Å². The highest BCUT2D eigenvalue weighted by Crippen LogP contribution is 2.25. The molecule has 1 nitrogen and oxygen atoms in total. The fourth-order valence-corrected chi connectivity index (χ4v) is 2.31. The number of rotatable bonds is 2. The topological polar surface area (TPSA) is 12.9 Å². The summed E-state index contributed by atoms with van der Waals surface area (Å²) in [5, 5.41) is 0. The molecule has 0 bridgehead atoms. The van der Waals surface area contributed by atoms with Gasteiger partial charge in [-0.15, -0.1) is 0 Å². The minimum absolute atomic E-state index is 1.10. The lowest BCUT2D eigenvalue weighted by Crippen LogP contribution is -1.80. The van der Waals surface area contributed by atoms with Gasteiger partial charge in [-0.1, -0.05) is 52.3 Å². The molecule has 0 unspecified atom stereocenters. The molecule has 0 atom stereocenters. The number of aromatic nitrogens is 1. The third kappa shape index (κ3) is 2.74. The zero-order valence-electron chi connectivity index (χ0n) is 10.3. The van der Waals surface area contributed by atoms with Crippen molar-refractivity contribution in [3.8, 4) is 22.3 Å². The largest absolute Gasteiger partial charge is 0.265 e. The smallest absolute Gasteiger partial charge is 0.0273 e. The maximum absolute atomic E-state index is 4.04. The fraction of sp³-hybridized carbons (Fsp3) is 0. The van der Waals surface area contributed by atoms with E-state index in [1.54, 1.807) is 0 Å². The summed E-state index contributed by atoms with van der Waals surface area (Å²) in [4.78, 5) is 4.04. The number of hydrogen-bond donors (Lipinski definition) is 0. The van der Waals surface area contributed by atoms with Crippen molar-refractivity contribution < 1.29 is 0 Å². The van der Waals surface area contributed by atoms with Crippen molar-refractivity contribution in [3.63, 3.8) is 0 Å². The van der Waals surface area contributed by atoms with Gasteiger partial charge < -0.3 is 0 Å². The van der Waals surface area contributed by atoms with Gasteiger partial charge in [0.15, 0.2) is 0 Å². The highest BCUT2D eigenvalue weighted by Gasteiger charge is 2.00. The first-order valence-electron chi connectivity index (χ1n) is 6.09. The molecule has 0 amide bonds. The maximum Gasteiger partial charge on any atom is 0.0273 e. The van der Waals surface area contributed by atoms with Gasteiger partial charge in [0.25, 0.3) is 0 Å². The lowest BCUT2D eigenvalue weighted by Gasteiger charge is -2.05. The third-order valence-electron chi connectivity index (χ3n) is 3.08. The summed E-state index contributed by atoms with van der Waals surface area (Å²) in [6, 6.07) is 21.0. The van der Waals surface area contributed by atoms with Gasteiger partial charge >= 0.3 is 0 Å². The van der Waals surface area contributed by atoms with E-state index in [0.29, 0.717) is 0 Å². The first kappa shape index (κ1) is 12.1. The maximum atomic E-state index is 4.04. The molecule has 0 aliphatic carbocycles. The Morgan fingerprint density at radius 1 is 0.526 bits per heavy atom. The van der Waals surface area contributed by atoms with E-state index in [2.05, 4.69) is 69.4 Å². The van der Waals surface area contributed by atoms with Crippen LogP contribution in [-0.2, 0) is 0 Å². The Bertz CT molecular complexity index is 658. The molecule has 0 aliphatic rings. The summed E-state index contributed by atoms with van der Waals surface area (Å²) in [6.45, 7) is 0. The van der Waals surface area contributed by atoms with E-state index in [0.717, 1.165) is 4.47 Å². The van der Waals surface area contributed by atoms with Gasteiger partial charge in [-0.2, -0.15) is 0 Å². The molecule has 0 saturated heterocycles. The van der Waals surface area contributed by atoms with Crippen molar-refractivity contribution in [2.75, 3.05) is 0 Å². The van der Waals surface area contributed by atoms with Gasteiger partial charge in [-0.3, -0.25) is 4.98 Å². The van der Waals surface area contributed by atoms with Crippen molar-refractivity contribution in [1.82, 2.24) is 4.98 Å². The first-order valence-corrected chi connectivity index (χ1v) is 6.89. The predicted molar refractivity (Wildman–Crippen MR) is 82.8 cm³/mol. The lowest BCUT2D eigenvalue weighted by molar-refractivity contribution is 1.33. The van der Waals surface area contributed by atoms with E-state index in [1.165, 1.54) is 22.3 Å². The molecule has 2 aromatic carbocycles. The number of pyridine rings is 1. The van der Waals surface area contributed by atoms with Crippen LogP contribution in [0.25, 0.3) is 22.3 Å². The molecule has 0 N–H and O–H groups in total. The highest BCUT2D eigenvalue weighted by atomic mass is 79.9. The number of hydrogen-bond acceptors (Lipinski definition) is 1. The van der Waals surface area contributed by atoms with Crippen LogP contribution in [-0.4, -0.2) is 4.98 Å². The summed E-state index contributed by atoms with van der Waals surface area (Å²) < 4.78 is 1.10. The molecule has 0 saturated carbocycles. The third-order valence-corrected chi connectivity index (χ3v) is 3.60. The summed E-state index contributed by atoms with van der Waals surface area (Å²) in [5.41, 5.74) is 4.86. The molecular formula is C17H12BrN. The zero-order chi connectivity index (χ0) is 13.1. The summed E-state index contributed by atoms with van der Waals surface area (Å²) in [5.74, 6) is 0. The number of nitrogens with zero attached hydrogens (tertiary/aromatic N) is 1. The Balaban J connectivity index is 1.93. The van der Waals surface area contributed by atoms with E-state index >= 15 is 0 Å². The van der Waals surface area contributed by atoms with Gasteiger partial charge in [0.05, 0.1) is 0 Å². The number of halogens is 1. The second kappa shape index (κ2) is 5.37. The quantitative estimate of drug-likeness (QED) is 0.635. The molecule has 0 fully saturated rings. The van der Waals surface area contributed by atoms with Gasteiger partial charge in [-0.05, 0) is 46.5 Å². The molecule has 3 aromatic rings. The molecule has 3 rings (SSSR count). The molecule has 19 heavy (non-hydrogen) atoms. The van der Waals surface area contributed by atoms with E-state index < -0.39 is 0 Å². The molecule has 0 radical (unpaired) electrons. The zero-order valence-corrected chi connectivity index (χ0v) is 11.8. The van der Waals surface area contributed by atoms with E-state index in [1.807, 2.05) is 24.5 Å². The first-order chi connectivity index (χ1) is 9.33. The Morgan fingerprint density at radius 3 is 1.37 bits per heavy atom. The van der Waals surface area contributed by atoms with Crippen LogP contribution in [0.4, 0.5) is 0 Å². The average Bonchev–Trinajstić information content (AvgIpc) is 2.49. The Morgan fingerprint density at radius 2 is 0.895 bits per heavy atom. The van der Waals surface area contributed by atoms with Crippen LogP contribution in [0.5, 0.6) is 0 Å². The van der Waals surface area contributed by atoms with Crippen molar-refractivity contribution >= 4 is 15.9 Å². The van der Waals surface area contributed by atoms with Gasteiger partial charge in [0, 0.05) is 16.9 Å². The van der Waals surface area contributed by atoms with Gasteiger partial charge in [-0.25, -0.2) is 0 Å². The van der Waals surface area contributed by atoms with E-state index in [4.69, 9.17) is 0 Å². The minimum Gasteiger partial charge on any atom is -0.265 e. The average molecular weight is 310 g/mol. The van der Waals surface area contributed by atoms with Gasteiger partial charge in [0.2, 0.25) is 0 Å². The Labute approximate surface area is 121 Å². The van der Waals surface area contributed by atoms with E-state index in [-0.39, 0.29) is 0 Å². The fourth-order valence-electron chi connectivity index (χ4n) is 2.04. The molecule has 1 aromatic heterocycles. The second-order valence-corrected chi connectivity index (χ2v) is 5.24. The molecule has 2 heteroatoms. The Hall–Kier alpha value is -1.93. The van der Waals surface area contributed by atoms with Crippen LogP contribution >= 0.6 is 15.9 Å². The lowest BCUT2D eigenvalue weighted by atomic mass is 10.0. The molecule has 1 heterocycles. The minimum atomic E-state index is 1.10. The summed E-state index contributed by atoms with van der Waals surface area (Å²) in [7, 11) is 0. The van der Waals surface area contributed by atoms with Crippen molar-refractivity contribution in [3.05, 3.63) is 77.5 Å². The standard InChI is InChI=1S/C17H12BrN/c18-17-7-5-15(6-8-17)13-1-3-14(4-2-13)16-9-11-19-12-10-16/h1-12H. The predicted octanol–water partition coefficient (Wildman–Crippen LogP) is 5.18. The van der Waals surface area contributed by atoms with Crippen LogP contribution in [0.1, 0.15) is 0 Å². The second-order valence-electron chi connectivity index (χ2n) is 4.32. The van der Waals surface area contributed by atoms with Crippen molar-refractivity contribution in [1.29, 1.82) is 0 Å². The van der Waals surface area contributed by atoms with Crippen LogP contribution in [0.3, 0.4) is 0 Å². The molecule has 92 valence electrons. The number of benzene rings is 2. The normalized spacial score (nSPS) is 10.4. The molecule has 0 aliphatic heterocycles. The summed E-state index contributed by atoms with van der Waals surface area (Å²) >= 11 is 3.45. The van der Waals surface area contributed by atoms with E-state index in [9.17, 15) is 0 Å². The molecular weight excluding hydrogens is 298 g/mol. The van der Waals surface area contributed by atoms with Crippen molar-refractivity contribution in [2.45, 2.75) is 0 Å². The highest BCUT2D eigenvalue weighted by molar-refractivity contribution is 9.10. The Kier molecular flexibility index (Phi) is 3.43. The van der Waals surface area contributed by atoms with Gasteiger partial charge in [0.1, 0.15) is 0 Å². The van der Waals surface area contributed by atoms with Crippen LogP contribution < -0.4 is 0 Å². The summed E-state index contributed by atoms with van der Waals surface area (Å²) in [6.07, 6.45) is 3.63. The SMILES string of the molecule is Brc1ccc(-c2ccc(-c3ccncc3)cc2)cc1. The van der Waals surface area contributed by atoms with Crippen LogP contribution in [0, 0.1) is 0 Å². The van der Waals surface area contributed by atoms with Crippen LogP contribution in [0.15, 0.2) is 77.5 Å². The molecule has 0 spiro atoms. The monoisotopic (exact) mass is 309 g/mol.